The minimum absolute atomic E-state index is 0.129. The first kappa shape index (κ1) is 11.9. The standard InChI is InChI=1S/C15H17N3O2/c19-14(13-7-11-2-1-4-16-15(11)20-13)17-12-6-10-3-5-18(8-10)9-12/h1-2,4,7,10,12H,3,5-6,8-9H2,(H,17,19)/t10-,12+/m0/s1. The normalized spacial score (nSPS) is 28.7. The molecule has 2 bridgehead atoms. The Kier molecular flexibility index (Phi) is 2.73. The van der Waals surface area contributed by atoms with Gasteiger partial charge in [-0.3, -0.25) is 4.79 Å². The lowest BCUT2D eigenvalue weighted by molar-refractivity contribution is 0.0883. The lowest BCUT2D eigenvalue weighted by Crippen LogP contribution is -2.46. The van der Waals surface area contributed by atoms with Crippen molar-refractivity contribution in [2.24, 2.45) is 5.92 Å². The first-order valence-corrected chi connectivity index (χ1v) is 7.16. The average Bonchev–Trinajstić information content (AvgIpc) is 3.02. The van der Waals surface area contributed by atoms with Crippen LogP contribution in [0.5, 0.6) is 0 Å². The predicted molar refractivity (Wildman–Crippen MR) is 74.4 cm³/mol. The van der Waals surface area contributed by atoms with E-state index in [-0.39, 0.29) is 11.9 Å². The van der Waals surface area contributed by atoms with Crippen LogP contribution in [0.15, 0.2) is 28.8 Å². The van der Waals surface area contributed by atoms with Crippen LogP contribution in [0.1, 0.15) is 23.4 Å². The fourth-order valence-corrected chi connectivity index (χ4v) is 3.41. The highest BCUT2D eigenvalue weighted by Crippen LogP contribution is 2.27. The summed E-state index contributed by atoms with van der Waals surface area (Å²) in [7, 11) is 0. The zero-order valence-electron chi connectivity index (χ0n) is 11.2. The van der Waals surface area contributed by atoms with Crippen LogP contribution in [-0.2, 0) is 0 Å². The van der Waals surface area contributed by atoms with Gasteiger partial charge in [-0.05, 0) is 43.5 Å². The number of carbonyl (C=O) groups excluding carboxylic acids is 1. The van der Waals surface area contributed by atoms with E-state index in [1.807, 2.05) is 12.1 Å². The molecule has 4 heterocycles. The monoisotopic (exact) mass is 271 g/mol. The SMILES string of the molecule is O=C(N[C@@H]1C[C@@H]2CCN(C2)C1)c1cc2cccnc2o1. The third-order valence-corrected chi connectivity index (χ3v) is 4.32. The van der Waals surface area contributed by atoms with Crippen molar-refractivity contribution < 1.29 is 9.21 Å². The van der Waals surface area contributed by atoms with E-state index in [9.17, 15) is 4.79 Å². The Balaban J connectivity index is 1.49. The van der Waals surface area contributed by atoms with Gasteiger partial charge in [0.05, 0.1) is 0 Å². The molecule has 2 saturated heterocycles. The molecule has 2 aliphatic heterocycles. The number of pyridine rings is 1. The number of nitrogens with one attached hydrogen (secondary N) is 1. The number of hydrogen-bond acceptors (Lipinski definition) is 4. The van der Waals surface area contributed by atoms with Crippen LogP contribution in [0.25, 0.3) is 11.1 Å². The van der Waals surface area contributed by atoms with E-state index in [1.54, 1.807) is 12.3 Å². The minimum Gasteiger partial charge on any atom is -0.433 e. The molecule has 2 aromatic heterocycles. The molecule has 4 rings (SSSR count). The summed E-state index contributed by atoms with van der Waals surface area (Å²) in [5.41, 5.74) is 0.519. The summed E-state index contributed by atoms with van der Waals surface area (Å²) in [4.78, 5) is 18.8. The summed E-state index contributed by atoms with van der Waals surface area (Å²) in [6.07, 6.45) is 4.02. The summed E-state index contributed by atoms with van der Waals surface area (Å²) in [6, 6.07) is 5.74. The molecule has 2 aliphatic rings. The predicted octanol–water partition coefficient (Wildman–Crippen LogP) is 1.65. The third-order valence-electron chi connectivity index (χ3n) is 4.32. The maximum absolute atomic E-state index is 12.3. The van der Waals surface area contributed by atoms with E-state index >= 15 is 0 Å². The Morgan fingerprint density at radius 3 is 3.25 bits per heavy atom. The smallest absolute Gasteiger partial charge is 0.287 e. The molecule has 104 valence electrons. The van der Waals surface area contributed by atoms with Crippen LogP contribution in [0.4, 0.5) is 0 Å². The first-order chi connectivity index (χ1) is 9.78. The largest absolute Gasteiger partial charge is 0.433 e. The Morgan fingerprint density at radius 1 is 1.45 bits per heavy atom. The summed E-state index contributed by atoms with van der Waals surface area (Å²) in [6.45, 7) is 3.33. The average molecular weight is 271 g/mol. The Bertz CT molecular complexity index is 606. The van der Waals surface area contributed by atoms with Crippen molar-refractivity contribution in [3.05, 3.63) is 30.2 Å². The molecule has 2 aromatic rings. The number of rotatable bonds is 2. The summed E-state index contributed by atoms with van der Waals surface area (Å²) in [5.74, 6) is 0.966. The number of carbonyl (C=O) groups is 1. The first-order valence-electron chi connectivity index (χ1n) is 7.16. The number of furan rings is 1. The van der Waals surface area contributed by atoms with Gasteiger partial charge in [-0.25, -0.2) is 4.98 Å². The highest BCUT2D eigenvalue weighted by atomic mass is 16.4. The minimum atomic E-state index is -0.129. The fourth-order valence-electron chi connectivity index (χ4n) is 3.41. The maximum Gasteiger partial charge on any atom is 0.287 e. The number of amides is 1. The number of nitrogens with zero attached hydrogens (tertiary/aromatic N) is 2. The summed E-state index contributed by atoms with van der Waals surface area (Å²) in [5, 5.41) is 3.96. The quantitative estimate of drug-likeness (QED) is 0.902. The fraction of sp³-hybridized carbons (Fsp3) is 0.467. The number of piperidine rings is 1. The van der Waals surface area contributed by atoms with Gasteiger partial charge < -0.3 is 14.6 Å². The van der Waals surface area contributed by atoms with Crippen LogP contribution in [0.2, 0.25) is 0 Å². The lowest BCUT2D eigenvalue weighted by atomic mass is 9.97. The molecule has 1 N–H and O–H groups in total. The Labute approximate surface area is 117 Å². The third kappa shape index (κ3) is 2.08. The van der Waals surface area contributed by atoms with Crippen LogP contribution >= 0.6 is 0 Å². The summed E-state index contributed by atoms with van der Waals surface area (Å²) >= 11 is 0. The molecule has 5 nitrogen and oxygen atoms in total. The van der Waals surface area contributed by atoms with Crippen LogP contribution in [-0.4, -0.2) is 41.5 Å². The number of fused-ring (bicyclic) bond motifs is 3. The Morgan fingerprint density at radius 2 is 2.40 bits per heavy atom. The van der Waals surface area contributed by atoms with Crippen LogP contribution in [0.3, 0.4) is 0 Å². The van der Waals surface area contributed by atoms with E-state index in [0.717, 1.165) is 24.3 Å². The van der Waals surface area contributed by atoms with Crippen molar-refractivity contribution in [2.45, 2.75) is 18.9 Å². The highest BCUT2D eigenvalue weighted by molar-refractivity contribution is 5.95. The van der Waals surface area contributed by atoms with E-state index in [2.05, 4.69) is 15.2 Å². The molecule has 0 aromatic carbocycles. The topological polar surface area (TPSA) is 58.4 Å². The van der Waals surface area contributed by atoms with Crippen LogP contribution < -0.4 is 5.32 Å². The van der Waals surface area contributed by atoms with Gasteiger partial charge in [-0.1, -0.05) is 0 Å². The number of aromatic nitrogens is 1. The van der Waals surface area contributed by atoms with Gasteiger partial charge in [0.15, 0.2) is 5.76 Å². The van der Waals surface area contributed by atoms with Crippen molar-refractivity contribution >= 4 is 17.0 Å². The van der Waals surface area contributed by atoms with Crippen molar-refractivity contribution in [3.8, 4) is 0 Å². The second kappa shape index (κ2) is 4.59. The summed E-state index contributed by atoms with van der Waals surface area (Å²) < 4.78 is 5.50. The molecule has 0 saturated carbocycles. The van der Waals surface area contributed by atoms with Gasteiger partial charge in [0.2, 0.25) is 5.71 Å². The van der Waals surface area contributed by atoms with E-state index in [0.29, 0.717) is 11.5 Å². The lowest BCUT2D eigenvalue weighted by Gasteiger charge is -2.30. The van der Waals surface area contributed by atoms with Crippen molar-refractivity contribution in [2.75, 3.05) is 19.6 Å². The van der Waals surface area contributed by atoms with Gasteiger partial charge in [0.25, 0.3) is 5.91 Å². The molecule has 5 heteroatoms. The molecular weight excluding hydrogens is 254 g/mol. The molecule has 1 amide bonds. The Hall–Kier alpha value is -1.88. The van der Waals surface area contributed by atoms with E-state index in [1.165, 1.54) is 19.5 Å². The van der Waals surface area contributed by atoms with Crippen molar-refractivity contribution in [1.29, 1.82) is 0 Å². The molecule has 3 atom stereocenters. The molecule has 2 fully saturated rings. The molecular formula is C15H17N3O2. The number of hydrogen-bond donors (Lipinski definition) is 1. The highest BCUT2D eigenvalue weighted by Gasteiger charge is 2.33. The molecule has 0 spiro atoms. The van der Waals surface area contributed by atoms with Gasteiger partial charge in [0.1, 0.15) is 0 Å². The van der Waals surface area contributed by atoms with Gasteiger partial charge in [0, 0.05) is 30.7 Å². The second-order valence-electron chi connectivity index (χ2n) is 5.83. The zero-order chi connectivity index (χ0) is 13.5. The van der Waals surface area contributed by atoms with Crippen molar-refractivity contribution in [3.63, 3.8) is 0 Å². The molecule has 0 radical (unpaired) electrons. The van der Waals surface area contributed by atoms with E-state index < -0.39 is 0 Å². The zero-order valence-corrected chi connectivity index (χ0v) is 11.2. The van der Waals surface area contributed by atoms with Gasteiger partial charge in [-0.15, -0.1) is 0 Å². The van der Waals surface area contributed by atoms with Gasteiger partial charge in [-0.2, -0.15) is 0 Å². The van der Waals surface area contributed by atoms with Crippen molar-refractivity contribution in [1.82, 2.24) is 15.2 Å². The maximum atomic E-state index is 12.3. The second-order valence-corrected chi connectivity index (χ2v) is 5.83. The van der Waals surface area contributed by atoms with E-state index in [4.69, 9.17) is 4.42 Å². The van der Waals surface area contributed by atoms with Gasteiger partial charge >= 0.3 is 0 Å². The molecule has 20 heavy (non-hydrogen) atoms. The molecule has 1 unspecified atom stereocenters. The van der Waals surface area contributed by atoms with Crippen LogP contribution in [0, 0.1) is 5.92 Å². The molecule has 0 aliphatic carbocycles.